The van der Waals surface area contributed by atoms with E-state index in [0.29, 0.717) is 30.4 Å². The standard InChI is InChI=1S/C17H22N2O5/c1-22-7-8-24-15-9-11(3-6-14(15)23-2)18-13-10-16(20)19(17(13)21)12-4-5-12/h3,6,9,12-13,18H,4-5,7-8,10H2,1-2H3. The molecule has 24 heavy (non-hydrogen) atoms. The van der Waals surface area contributed by atoms with Gasteiger partial charge in [-0.1, -0.05) is 0 Å². The van der Waals surface area contributed by atoms with Crippen LogP contribution >= 0.6 is 0 Å². The second-order valence-corrected chi connectivity index (χ2v) is 5.94. The minimum Gasteiger partial charge on any atom is -0.493 e. The zero-order valence-corrected chi connectivity index (χ0v) is 13.9. The van der Waals surface area contributed by atoms with Gasteiger partial charge < -0.3 is 19.5 Å². The quantitative estimate of drug-likeness (QED) is 0.572. The number of amides is 2. The molecule has 1 N–H and O–H groups in total. The first-order valence-electron chi connectivity index (χ1n) is 8.06. The van der Waals surface area contributed by atoms with Gasteiger partial charge in [-0.3, -0.25) is 14.5 Å². The molecule has 2 amide bonds. The highest BCUT2D eigenvalue weighted by atomic mass is 16.5. The number of benzene rings is 1. The molecule has 7 heteroatoms. The summed E-state index contributed by atoms with van der Waals surface area (Å²) >= 11 is 0. The van der Waals surface area contributed by atoms with E-state index < -0.39 is 6.04 Å². The predicted octanol–water partition coefficient (Wildman–Crippen LogP) is 1.42. The summed E-state index contributed by atoms with van der Waals surface area (Å²) in [7, 11) is 3.17. The summed E-state index contributed by atoms with van der Waals surface area (Å²) in [5, 5.41) is 3.14. The van der Waals surface area contributed by atoms with Gasteiger partial charge in [0.15, 0.2) is 11.5 Å². The largest absolute Gasteiger partial charge is 0.493 e. The fourth-order valence-electron chi connectivity index (χ4n) is 2.80. The highest BCUT2D eigenvalue weighted by molar-refractivity contribution is 6.07. The number of rotatable bonds is 8. The normalized spacial score (nSPS) is 20.4. The van der Waals surface area contributed by atoms with Gasteiger partial charge in [-0.05, 0) is 25.0 Å². The minimum atomic E-state index is -0.515. The maximum absolute atomic E-state index is 12.4. The monoisotopic (exact) mass is 334 g/mol. The van der Waals surface area contributed by atoms with Gasteiger partial charge in [-0.15, -0.1) is 0 Å². The van der Waals surface area contributed by atoms with Crippen molar-refractivity contribution in [3.05, 3.63) is 18.2 Å². The smallest absolute Gasteiger partial charge is 0.252 e. The van der Waals surface area contributed by atoms with E-state index in [0.717, 1.165) is 12.8 Å². The Bertz CT molecular complexity index is 629. The fourth-order valence-corrected chi connectivity index (χ4v) is 2.80. The number of nitrogens with zero attached hydrogens (tertiary/aromatic N) is 1. The number of anilines is 1. The van der Waals surface area contributed by atoms with Gasteiger partial charge in [0.2, 0.25) is 5.91 Å². The van der Waals surface area contributed by atoms with Crippen LogP contribution in [0.4, 0.5) is 5.69 Å². The third-order valence-corrected chi connectivity index (χ3v) is 4.14. The zero-order valence-electron chi connectivity index (χ0n) is 13.9. The van der Waals surface area contributed by atoms with Crippen molar-refractivity contribution in [3.8, 4) is 11.5 Å². The second kappa shape index (κ2) is 7.09. The van der Waals surface area contributed by atoms with E-state index >= 15 is 0 Å². The van der Waals surface area contributed by atoms with Crippen LogP contribution in [-0.2, 0) is 14.3 Å². The number of nitrogens with one attached hydrogen (secondary N) is 1. The van der Waals surface area contributed by atoms with Gasteiger partial charge in [0.05, 0.1) is 20.1 Å². The number of hydrogen-bond acceptors (Lipinski definition) is 6. The lowest BCUT2D eigenvalue weighted by Gasteiger charge is -2.17. The van der Waals surface area contributed by atoms with Gasteiger partial charge in [-0.25, -0.2) is 0 Å². The minimum absolute atomic E-state index is 0.0925. The third-order valence-electron chi connectivity index (χ3n) is 4.14. The molecule has 0 aromatic heterocycles. The van der Waals surface area contributed by atoms with E-state index in [2.05, 4.69) is 5.32 Å². The fraction of sp³-hybridized carbons (Fsp3) is 0.529. The Labute approximate surface area is 140 Å². The van der Waals surface area contributed by atoms with E-state index in [1.165, 1.54) is 4.90 Å². The molecule has 1 saturated carbocycles. The molecule has 1 atom stereocenters. The number of carbonyl (C=O) groups excluding carboxylic acids is 2. The summed E-state index contributed by atoms with van der Waals surface area (Å²) in [5.41, 5.74) is 0.715. The van der Waals surface area contributed by atoms with Crippen molar-refractivity contribution in [1.82, 2.24) is 4.90 Å². The maximum Gasteiger partial charge on any atom is 0.252 e. The number of likely N-dealkylation sites (tertiary alicyclic amines) is 1. The highest BCUT2D eigenvalue weighted by Gasteiger charge is 2.46. The van der Waals surface area contributed by atoms with Gasteiger partial charge in [0.1, 0.15) is 12.6 Å². The van der Waals surface area contributed by atoms with E-state index in [-0.39, 0.29) is 24.3 Å². The zero-order chi connectivity index (χ0) is 17.1. The topological polar surface area (TPSA) is 77.1 Å². The molecule has 7 nitrogen and oxygen atoms in total. The van der Waals surface area contributed by atoms with E-state index in [1.807, 2.05) is 0 Å². The van der Waals surface area contributed by atoms with Gasteiger partial charge in [-0.2, -0.15) is 0 Å². The lowest BCUT2D eigenvalue weighted by Crippen LogP contribution is -2.36. The average Bonchev–Trinajstić information content (AvgIpc) is 3.35. The van der Waals surface area contributed by atoms with Gasteiger partial charge in [0, 0.05) is 24.9 Å². The molecule has 3 rings (SSSR count). The molecule has 1 aromatic rings. The summed E-state index contributed by atoms with van der Waals surface area (Å²) in [4.78, 5) is 25.8. The molecule has 0 radical (unpaired) electrons. The third kappa shape index (κ3) is 3.46. The van der Waals surface area contributed by atoms with Crippen molar-refractivity contribution in [2.24, 2.45) is 0 Å². The van der Waals surface area contributed by atoms with Crippen LogP contribution in [0.2, 0.25) is 0 Å². The van der Waals surface area contributed by atoms with E-state index in [9.17, 15) is 9.59 Å². The van der Waals surface area contributed by atoms with Crippen LogP contribution in [0, 0.1) is 0 Å². The Kier molecular flexibility index (Phi) is 4.89. The van der Waals surface area contributed by atoms with Gasteiger partial charge >= 0.3 is 0 Å². The molecule has 1 heterocycles. The molecular formula is C17H22N2O5. The number of hydrogen-bond donors (Lipinski definition) is 1. The van der Waals surface area contributed by atoms with Crippen LogP contribution < -0.4 is 14.8 Å². The summed E-state index contributed by atoms with van der Waals surface area (Å²) in [6.07, 6.45) is 2.04. The lowest BCUT2D eigenvalue weighted by atomic mass is 10.2. The average molecular weight is 334 g/mol. The van der Waals surface area contributed by atoms with Crippen molar-refractivity contribution in [2.45, 2.75) is 31.3 Å². The maximum atomic E-state index is 12.4. The Balaban J connectivity index is 1.69. The summed E-state index contributed by atoms with van der Waals surface area (Å²) < 4.78 is 15.9. The van der Waals surface area contributed by atoms with Gasteiger partial charge in [0.25, 0.3) is 5.91 Å². The summed E-state index contributed by atoms with van der Waals surface area (Å²) in [5.74, 6) is 0.936. The molecule has 1 aliphatic heterocycles. The number of ether oxygens (including phenoxy) is 3. The first-order valence-corrected chi connectivity index (χ1v) is 8.06. The van der Waals surface area contributed by atoms with Crippen molar-refractivity contribution >= 4 is 17.5 Å². The lowest BCUT2D eigenvalue weighted by molar-refractivity contribution is -0.139. The molecule has 1 aliphatic carbocycles. The Hall–Kier alpha value is -2.28. The number of methoxy groups -OCH3 is 2. The van der Waals surface area contributed by atoms with Crippen molar-refractivity contribution < 1.29 is 23.8 Å². The summed E-state index contributed by atoms with van der Waals surface area (Å²) in [6.45, 7) is 0.861. The Morgan fingerprint density at radius 1 is 1.17 bits per heavy atom. The molecule has 0 spiro atoms. The van der Waals surface area contributed by atoms with E-state index in [4.69, 9.17) is 14.2 Å². The van der Waals surface area contributed by atoms with Crippen LogP contribution in [0.1, 0.15) is 19.3 Å². The molecule has 2 fully saturated rings. The molecule has 2 aliphatic rings. The summed E-state index contributed by atoms with van der Waals surface area (Å²) in [6, 6.07) is 4.94. The van der Waals surface area contributed by atoms with Crippen LogP contribution in [0.3, 0.4) is 0 Å². The number of imide groups is 1. The van der Waals surface area contributed by atoms with Crippen LogP contribution in [-0.4, -0.2) is 56.2 Å². The predicted molar refractivity (Wildman–Crippen MR) is 87.3 cm³/mol. The molecule has 0 bridgehead atoms. The number of carbonyl (C=O) groups is 2. The molecule has 1 aromatic carbocycles. The molecule has 1 saturated heterocycles. The van der Waals surface area contributed by atoms with Crippen molar-refractivity contribution in [3.63, 3.8) is 0 Å². The Morgan fingerprint density at radius 3 is 2.62 bits per heavy atom. The second-order valence-electron chi connectivity index (χ2n) is 5.94. The van der Waals surface area contributed by atoms with Crippen molar-refractivity contribution in [1.29, 1.82) is 0 Å². The first-order chi connectivity index (χ1) is 11.6. The molecular weight excluding hydrogens is 312 g/mol. The SMILES string of the molecule is COCCOc1cc(NC2CC(=O)N(C3CC3)C2=O)ccc1OC. The van der Waals surface area contributed by atoms with Crippen LogP contribution in [0.5, 0.6) is 11.5 Å². The van der Waals surface area contributed by atoms with Crippen LogP contribution in [0.25, 0.3) is 0 Å². The first kappa shape index (κ1) is 16.6. The highest BCUT2D eigenvalue weighted by Crippen LogP contribution is 2.34. The molecule has 130 valence electrons. The van der Waals surface area contributed by atoms with Crippen LogP contribution in [0.15, 0.2) is 18.2 Å². The Morgan fingerprint density at radius 2 is 1.96 bits per heavy atom. The molecule has 1 unspecified atom stereocenters. The van der Waals surface area contributed by atoms with Crippen molar-refractivity contribution in [2.75, 3.05) is 32.8 Å². The van der Waals surface area contributed by atoms with E-state index in [1.54, 1.807) is 32.4 Å².